The van der Waals surface area contributed by atoms with Crippen LogP contribution in [0.5, 0.6) is 5.75 Å². The van der Waals surface area contributed by atoms with Gasteiger partial charge in [0, 0.05) is 24.2 Å². The van der Waals surface area contributed by atoms with Gasteiger partial charge in [-0.2, -0.15) is 0 Å². The molecule has 2 amide bonds. The second kappa shape index (κ2) is 9.23. The van der Waals surface area contributed by atoms with Crippen molar-refractivity contribution in [1.29, 1.82) is 0 Å². The normalized spacial score (nSPS) is 14.4. The molecule has 0 radical (unpaired) electrons. The van der Waals surface area contributed by atoms with E-state index in [2.05, 4.69) is 5.32 Å². The first kappa shape index (κ1) is 20.4. The first-order chi connectivity index (χ1) is 14.0. The van der Waals surface area contributed by atoms with Crippen molar-refractivity contribution in [1.82, 2.24) is 5.32 Å². The maximum absolute atomic E-state index is 12.7. The fraction of sp³-hybridized carbons (Fsp3) is 0.318. The molecule has 0 bridgehead atoms. The van der Waals surface area contributed by atoms with E-state index in [0.29, 0.717) is 24.3 Å². The first-order valence-electron chi connectivity index (χ1n) is 9.44. The van der Waals surface area contributed by atoms with Crippen molar-refractivity contribution in [3.63, 3.8) is 0 Å². The summed E-state index contributed by atoms with van der Waals surface area (Å²) in [6.07, 6.45) is 1.41. The lowest BCUT2D eigenvalue weighted by Crippen LogP contribution is -2.30. The monoisotopic (exact) mass is 396 g/mol. The van der Waals surface area contributed by atoms with Gasteiger partial charge in [-0.1, -0.05) is 12.1 Å². The lowest BCUT2D eigenvalue weighted by atomic mass is 10.0. The number of anilines is 1. The van der Waals surface area contributed by atoms with E-state index in [9.17, 15) is 14.4 Å². The first-order valence-corrected chi connectivity index (χ1v) is 9.44. The van der Waals surface area contributed by atoms with E-state index in [-0.39, 0.29) is 18.2 Å². The summed E-state index contributed by atoms with van der Waals surface area (Å²) in [7, 11) is 2.88. The Morgan fingerprint density at radius 1 is 1.07 bits per heavy atom. The Hall–Kier alpha value is -3.35. The van der Waals surface area contributed by atoms with Crippen LogP contribution in [0.25, 0.3) is 0 Å². The third-order valence-electron chi connectivity index (χ3n) is 4.94. The number of carbonyl (C=O) groups excluding carboxylic acids is 3. The van der Waals surface area contributed by atoms with E-state index >= 15 is 0 Å². The quantitative estimate of drug-likeness (QED) is 0.728. The predicted octanol–water partition coefficient (Wildman–Crippen LogP) is 2.86. The second-order valence-electron chi connectivity index (χ2n) is 6.78. The zero-order chi connectivity index (χ0) is 20.8. The van der Waals surface area contributed by atoms with Crippen LogP contribution < -0.4 is 15.0 Å². The number of hydrogen-bond donors (Lipinski definition) is 1. The van der Waals surface area contributed by atoms with Crippen molar-refractivity contribution in [3.05, 3.63) is 59.7 Å². The van der Waals surface area contributed by atoms with Crippen molar-refractivity contribution in [2.75, 3.05) is 25.7 Å². The van der Waals surface area contributed by atoms with Gasteiger partial charge in [0.25, 0.3) is 5.91 Å². The summed E-state index contributed by atoms with van der Waals surface area (Å²) < 4.78 is 9.92. The highest BCUT2D eigenvalue weighted by atomic mass is 16.5. The number of methoxy groups -OCH3 is 2. The predicted molar refractivity (Wildman–Crippen MR) is 108 cm³/mol. The average molecular weight is 396 g/mol. The Morgan fingerprint density at radius 3 is 2.31 bits per heavy atom. The van der Waals surface area contributed by atoms with Crippen molar-refractivity contribution in [2.24, 2.45) is 0 Å². The van der Waals surface area contributed by atoms with Gasteiger partial charge in [0.2, 0.25) is 5.91 Å². The average Bonchev–Trinajstić information content (AvgIpc) is 3.19. The second-order valence-corrected chi connectivity index (χ2v) is 6.78. The molecule has 2 aromatic carbocycles. The van der Waals surface area contributed by atoms with Crippen LogP contribution in [-0.2, 0) is 14.3 Å². The number of amides is 2. The molecular formula is C22H24N2O5. The van der Waals surface area contributed by atoms with Crippen LogP contribution in [-0.4, -0.2) is 38.5 Å². The third-order valence-corrected chi connectivity index (χ3v) is 4.94. The van der Waals surface area contributed by atoms with Gasteiger partial charge in [0.15, 0.2) is 0 Å². The summed E-state index contributed by atoms with van der Waals surface area (Å²) in [5.74, 6) is 0.0480. The maximum Gasteiger partial charge on any atom is 0.307 e. The van der Waals surface area contributed by atoms with E-state index in [1.165, 1.54) is 7.11 Å². The molecule has 2 aromatic rings. The van der Waals surface area contributed by atoms with Crippen LogP contribution in [0.1, 0.15) is 41.2 Å². The summed E-state index contributed by atoms with van der Waals surface area (Å²) >= 11 is 0. The molecule has 0 saturated carbocycles. The zero-order valence-electron chi connectivity index (χ0n) is 16.5. The Bertz CT molecular complexity index is 877. The fourth-order valence-corrected chi connectivity index (χ4v) is 3.29. The SMILES string of the molecule is COC(=O)CC(NC(=O)c1ccc(N2CCCC2=O)cc1)c1ccc(OC)cc1. The summed E-state index contributed by atoms with van der Waals surface area (Å²) in [6, 6.07) is 13.5. The molecule has 1 aliphatic heterocycles. The van der Waals surface area contributed by atoms with Crippen LogP contribution in [0.4, 0.5) is 5.69 Å². The molecule has 0 aromatic heterocycles. The molecule has 3 rings (SSSR count). The lowest BCUT2D eigenvalue weighted by molar-refractivity contribution is -0.141. The number of carbonyl (C=O) groups is 3. The van der Waals surface area contributed by atoms with E-state index in [0.717, 1.165) is 17.7 Å². The Morgan fingerprint density at radius 2 is 1.76 bits per heavy atom. The Kier molecular flexibility index (Phi) is 6.49. The molecule has 152 valence electrons. The molecule has 1 unspecified atom stereocenters. The molecule has 7 nitrogen and oxygen atoms in total. The standard InChI is InChI=1S/C22H24N2O5/c1-28-18-11-7-15(8-12-18)19(14-21(26)29-2)23-22(27)16-5-9-17(10-6-16)24-13-3-4-20(24)25/h5-12,19H,3-4,13-14H2,1-2H3,(H,23,27). The molecule has 0 spiro atoms. The van der Waals surface area contributed by atoms with Crippen molar-refractivity contribution in [2.45, 2.75) is 25.3 Å². The summed E-state index contributed by atoms with van der Waals surface area (Å²) in [6.45, 7) is 0.697. The van der Waals surface area contributed by atoms with Gasteiger partial charge >= 0.3 is 5.97 Å². The number of nitrogens with zero attached hydrogens (tertiary/aromatic N) is 1. The zero-order valence-corrected chi connectivity index (χ0v) is 16.5. The van der Waals surface area contributed by atoms with Crippen LogP contribution in [0.3, 0.4) is 0 Å². The number of benzene rings is 2. The highest BCUT2D eigenvalue weighted by Gasteiger charge is 2.23. The minimum Gasteiger partial charge on any atom is -0.497 e. The molecule has 1 saturated heterocycles. The van der Waals surface area contributed by atoms with Gasteiger partial charge in [-0.05, 0) is 48.4 Å². The van der Waals surface area contributed by atoms with Crippen molar-refractivity contribution >= 4 is 23.5 Å². The molecule has 1 atom stereocenters. The molecule has 29 heavy (non-hydrogen) atoms. The van der Waals surface area contributed by atoms with Gasteiger partial charge < -0.3 is 19.7 Å². The van der Waals surface area contributed by atoms with Crippen LogP contribution >= 0.6 is 0 Å². The number of esters is 1. The summed E-state index contributed by atoms with van der Waals surface area (Å²) in [4.78, 5) is 38.2. The fourth-order valence-electron chi connectivity index (χ4n) is 3.29. The number of ether oxygens (including phenoxy) is 2. The van der Waals surface area contributed by atoms with Gasteiger partial charge in [-0.3, -0.25) is 14.4 Å². The molecule has 1 aliphatic rings. The highest BCUT2D eigenvalue weighted by Crippen LogP contribution is 2.24. The van der Waals surface area contributed by atoms with E-state index in [1.807, 2.05) is 0 Å². The lowest BCUT2D eigenvalue weighted by Gasteiger charge is -2.19. The van der Waals surface area contributed by atoms with E-state index in [4.69, 9.17) is 9.47 Å². The Balaban J connectivity index is 1.74. The van der Waals surface area contributed by atoms with E-state index < -0.39 is 12.0 Å². The van der Waals surface area contributed by atoms with Gasteiger partial charge in [-0.25, -0.2) is 0 Å². The van der Waals surface area contributed by atoms with Crippen molar-refractivity contribution < 1.29 is 23.9 Å². The van der Waals surface area contributed by atoms with Crippen LogP contribution in [0.15, 0.2) is 48.5 Å². The molecule has 7 heteroatoms. The van der Waals surface area contributed by atoms with Gasteiger partial charge in [0.05, 0.1) is 26.7 Å². The number of hydrogen-bond acceptors (Lipinski definition) is 5. The molecule has 1 heterocycles. The topological polar surface area (TPSA) is 84.9 Å². The minimum absolute atomic E-state index is 0.00886. The maximum atomic E-state index is 12.7. The smallest absolute Gasteiger partial charge is 0.307 e. The largest absolute Gasteiger partial charge is 0.497 e. The summed E-state index contributed by atoms with van der Waals surface area (Å²) in [5, 5.41) is 2.89. The van der Waals surface area contributed by atoms with Crippen LogP contribution in [0.2, 0.25) is 0 Å². The molecule has 0 aliphatic carbocycles. The van der Waals surface area contributed by atoms with Gasteiger partial charge in [0.1, 0.15) is 5.75 Å². The van der Waals surface area contributed by atoms with E-state index in [1.54, 1.807) is 60.5 Å². The molecule has 1 N–H and O–H groups in total. The molecular weight excluding hydrogens is 372 g/mol. The number of rotatable bonds is 7. The third kappa shape index (κ3) is 4.93. The molecule has 1 fully saturated rings. The van der Waals surface area contributed by atoms with Crippen LogP contribution in [0, 0.1) is 0 Å². The van der Waals surface area contributed by atoms with Gasteiger partial charge in [-0.15, -0.1) is 0 Å². The Labute approximate surface area is 169 Å². The summed E-state index contributed by atoms with van der Waals surface area (Å²) in [5.41, 5.74) is 2.00. The number of nitrogens with one attached hydrogen (secondary N) is 1. The highest BCUT2D eigenvalue weighted by molar-refractivity contribution is 5.97. The minimum atomic E-state index is -0.541. The van der Waals surface area contributed by atoms with Crippen molar-refractivity contribution in [3.8, 4) is 5.75 Å².